The fourth-order valence-corrected chi connectivity index (χ4v) is 4.48. The Labute approximate surface area is 205 Å². The molecule has 0 saturated carbocycles. The lowest BCUT2D eigenvalue weighted by molar-refractivity contribution is -0.384. The molecule has 1 aliphatic rings. The Morgan fingerprint density at radius 2 is 1.74 bits per heavy atom. The van der Waals surface area contributed by atoms with Gasteiger partial charge in [0.2, 0.25) is 0 Å². The summed E-state index contributed by atoms with van der Waals surface area (Å²) < 4.78 is 5.47. The summed E-state index contributed by atoms with van der Waals surface area (Å²) in [4.78, 5) is 28.4. The number of nitro benzene ring substituents is 1. The molecule has 0 bridgehead atoms. The lowest BCUT2D eigenvalue weighted by Gasteiger charge is -2.36. The predicted octanol–water partition coefficient (Wildman–Crippen LogP) is 5.05. The van der Waals surface area contributed by atoms with Gasteiger partial charge in [0, 0.05) is 44.0 Å². The first-order valence-electron chi connectivity index (χ1n) is 11.7. The zero-order chi connectivity index (χ0) is 24.9. The van der Waals surface area contributed by atoms with Gasteiger partial charge in [-0.3, -0.25) is 14.9 Å². The second-order valence-electron chi connectivity index (χ2n) is 8.67. The summed E-state index contributed by atoms with van der Waals surface area (Å²) in [6.07, 6.45) is 0. The number of carbonyl (C=O) groups is 1. The maximum atomic E-state index is 13.1. The first kappa shape index (κ1) is 24.1. The number of ether oxygens (including phenoxy) is 1. The van der Waals surface area contributed by atoms with Gasteiger partial charge >= 0.3 is 0 Å². The van der Waals surface area contributed by atoms with Crippen LogP contribution >= 0.6 is 0 Å². The fourth-order valence-electron chi connectivity index (χ4n) is 4.48. The Balaban J connectivity index is 1.49. The van der Waals surface area contributed by atoms with Crippen molar-refractivity contribution in [2.45, 2.75) is 19.9 Å². The Hall–Kier alpha value is -4.07. The molecule has 1 fully saturated rings. The smallest absolute Gasteiger partial charge is 0.292 e. The first-order chi connectivity index (χ1) is 16.9. The van der Waals surface area contributed by atoms with E-state index in [1.807, 2.05) is 67.3 Å². The zero-order valence-electron chi connectivity index (χ0n) is 20.2. The van der Waals surface area contributed by atoms with Crippen molar-refractivity contribution in [3.8, 4) is 5.75 Å². The monoisotopic (exact) mass is 474 g/mol. The quantitative estimate of drug-likeness (QED) is 0.381. The van der Waals surface area contributed by atoms with Crippen LogP contribution in [0.3, 0.4) is 0 Å². The van der Waals surface area contributed by atoms with Crippen molar-refractivity contribution in [1.29, 1.82) is 0 Å². The molecule has 8 heteroatoms. The standard InChI is InChI=1S/C27H30N4O4/c1-19-8-7-11-23(26(19)35-3)27(32)30-16-14-29(15-17-30)22-12-13-25(31(33)34)24(18-22)28-20(2)21-9-5-4-6-10-21/h4-13,18,20,28H,14-17H2,1-3H3/t20-/m1/s1. The first-order valence-corrected chi connectivity index (χ1v) is 11.7. The summed E-state index contributed by atoms with van der Waals surface area (Å²) in [5, 5.41) is 15.0. The third-order valence-electron chi connectivity index (χ3n) is 6.43. The highest BCUT2D eigenvalue weighted by atomic mass is 16.6. The highest BCUT2D eigenvalue weighted by Crippen LogP contribution is 2.33. The number of benzene rings is 3. The van der Waals surface area contributed by atoms with Crippen molar-refractivity contribution < 1.29 is 14.5 Å². The molecular formula is C27H30N4O4. The average Bonchev–Trinajstić information content (AvgIpc) is 2.88. The third-order valence-corrected chi connectivity index (χ3v) is 6.43. The van der Waals surface area contributed by atoms with Crippen molar-refractivity contribution in [2.75, 3.05) is 43.5 Å². The van der Waals surface area contributed by atoms with Crippen LogP contribution in [0.2, 0.25) is 0 Å². The lowest BCUT2D eigenvalue weighted by atomic mass is 10.1. The lowest BCUT2D eigenvalue weighted by Crippen LogP contribution is -2.48. The summed E-state index contributed by atoms with van der Waals surface area (Å²) in [5.74, 6) is 0.562. The van der Waals surface area contributed by atoms with Crippen LogP contribution in [0, 0.1) is 17.0 Å². The zero-order valence-corrected chi connectivity index (χ0v) is 20.2. The molecule has 1 saturated heterocycles. The normalized spacial score (nSPS) is 14.4. The van der Waals surface area contributed by atoms with Gasteiger partial charge in [-0.15, -0.1) is 0 Å². The van der Waals surface area contributed by atoms with E-state index in [1.165, 1.54) is 0 Å². The van der Waals surface area contributed by atoms with Crippen LogP contribution in [0.4, 0.5) is 17.1 Å². The number of hydrogen-bond acceptors (Lipinski definition) is 6. The number of nitrogens with one attached hydrogen (secondary N) is 1. The van der Waals surface area contributed by atoms with E-state index in [0.29, 0.717) is 43.2 Å². The molecule has 1 aliphatic heterocycles. The number of para-hydroxylation sites is 1. The minimum absolute atomic E-state index is 0.0388. The molecule has 8 nitrogen and oxygen atoms in total. The van der Waals surface area contributed by atoms with Crippen LogP contribution in [0.25, 0.3) is 0 Å². The Kier molecular flexibility index (Phi) is 7.19. The van der Waals surface area contributed by atoms with E-state index in [4.69, 9.17) is 4.74 Å². The number of anilines is 2. The summed E-state index contributed by atoms with van der Waals surface area (Å²) >= 11 is 0. The Morgan fingerprint density at radius 3 is 2.40 bits per heavy atom. The van der Waals surface area contributed by atoms with Gasteiger partial charge in [-0.25, -0.2) is 0 Å². The number of hydrogen-bond donors (Lipinski definition) is 1. The molecule has 182 valence electrons. The Bertz CT molecular complexity index is 1210. The number of carbonyl (C=O) groups excluding carboxylic acids is 1. The number of nitro groups is 1. The van der Waals surface area contributed by atoms with E-state index < -0.39 is 0 Å². The van der Waals surface area contributed by atoms with E-state index in [9.17, 15) is 14.9 Å². The van der Waals surface area contributed by atoms with Crippen LogP contribution in [0.15, 0.2) is 66.7 Å². The molecule has 1 N–H and O–H groups in total. The van der Waals surface area contributed by atoms with Crippen LogP contribution in [0.5, 0.6) is 5.75 Å². The number of nitrogens with zero attached hydrogens (tertiary/aromatic N) is 3. The summed E-state index contributed by atoms with van der Waals surface area (Å²) in [6, 6.07) is 20.5. The number of rotatable bonds is 7. The van der Waals surface area contributed by atoms with Crippen molar-refractivity contribution in [1.82, 2.24) is 4.90 Å². The highest BCUT2D eigenvalue weighted by molar-refractivity contribution is 5.97. The molecule has 4 rings (SSSR count). The number of methoxy groups -OCH3 is 1. The van der Waals surface area contributed by atoms with Crippen LogP contribution < -0.4 is 15.0 Å². The maximum Gasteiger partial charge on any atom is 0.292 e. The molecule has 0 aliphatic carbocycles. The summed E-state index contributed by atoms with van der Waals surface area (Å²) in [6.45, 7) is 6.27. The van der Waals surface area contributed by atoms with Gasteiger partial charge in [0.1, 0.15) is 11.4 Å². The molecule has 1 atom stereocenters. The third kappa shape index (κ3) is 5.21. The summed E-state index contributed by atoms with van der Waals surface area (Å²) in [5.41, 5.74) is 3.94. The largest absolute Gasteiger partial charge is 0.496 e. The van der Waals surface area contributed by atoms with Crippen LogP contribution in [-0.4, -0.2) is 49.0 Å². The highest BCUT2D eigenvalue weighted by Gasteiger charge is 2.26. The minimum Gasteiger partial charge on any atom is -0.496 e. The van der Waals surface area contributed by atoms with Crippen molar-refractivity contribution >= 4 is 23.0 Å². The van der Waals surface area contributed by atoms with Crippen molar-refractivity contribution in [3.63, 3.8) is 0 Å². The van der Waals surface area contributed by atoms with E-state index in [1.54, 1.807) is 25.3 Å². The number of piperazine rings is 1. The molecule has 1 heterocycles. The van der Waals surface area contributed by atoms with Gasteiger partial charge < -0.3 is 19.9 Å². The van der Waals surface area contributed by atoms with Gasteiger partial charge in [-0.05, 0) is 43.2 Å². The van der Waals surface area contributed by atoms with Crippen LogP contribution in [0.1, 0.15) is 34.5 Å². The number of amides is 1. The van der Waals surface area contributed by atoms with Gasteiger partial charge in [-0.2, -0.15) is 0 Å². The SMILES string of the molecule is COc1c(C)cccc1C(=O)N1CCN(c2ccc([N+](=O)[O-])c(N[C@H](C)c3ccccc3)c2)CC1. The van der Waals surface area contributed by atoms with E-state index >= 15 is 0 Å². The molecule has 35 heavy (non-hydrogen) atoms. The topological polar surface area (TPSA) is 88.0 Å². The average molecular weight is 475 g/mol. The van der Waals surface area contributed by atoms with E-state index in [0.717, 1.165) is 16.8 Å². The second-order valence-corrected chi connectivity index (χ2v) is 8.67. The molecule has 0 unspecified atom stereocenters. The van der Waals surface area contributed by atoms with Crippen molar-refractivity contribution in [2.24, 2.45) is 0 Å². The van der Waals surface area contributed by atoms with E-state index in [2.05, 4.69) is 10.2 Å². The fraction of sp³-hybridized carbons (Fsp3) is 0.296. The predicted molar refractivity (Wildman–Crippen MR) is 137 cm³/mol. The summed E-state index contributed by atoms with van der Waals surface area (Å²) in [7, 11) is 1.58. The molecule has 3 aromatic rings. The van der Waals surface area contributed by atoms with Crippen LogP contribution in [-0.2, 0) is 0 Å². The molecular weight excluding hydrogens is 444 g/mol. The maximum absolute atomic E-state index is 13.1. The molecule has 1 amide bonds. The Morgan fingerprint density at radius 1 is 1.03 bits per heavy atom. The molecule has 0 spiro atoms. The van der Waals surface area contributed by atoms with Gasteiger partial charge in [0.05, 0.1) is 17.6 Å². The van der Waals surface area contributed by atoms with E-state index in [-0.39, 0.29) is 22.6 Å². The minimum atomic E-state index is -0.365. The number of aryl methyl sites for hydroxylation is 1. The van der Waals surface area contributed by atoms with Gasteiger partial charge in [0.15, 0.2) is 0 Å². The molecule has 0 radical (unpaired) electrons. The molecule has 3 aromatic carbocycles. The van der Waals surface area contributed by atoms with Crippen molar-refractivity contribution in [3.05, 3.63) is 93.5 Å². The van der Waals surface area contributed by atoms with Gasteiger partial charge in [0.25, 0.3) is 11.6 Å². The second kappa shape index (κ2) is 10.5. The van der Waals surface area contributed by atoms with Gasteiger partial charge in [-0.1, -0.05) is 42.5 Å². The molecule has 0 aromatic heterocycles.